The topological polar surface area (TPSA) is 81.8 Å². The monoisotopic (exact) mass is 245 g/mol. The molecular formula is C10H16NO4P. The van der Waals surface area contributed by atoms with Crippen molar-refractivity contribution in [1.29, 1.82) is 0 Å². The van der Waals surface area contributed by atoms with Crippen LogP contribution in [0.1, 0.15) is 5.56 Å². The van der Waals surface area contributed by atoms with E-state index in [9.17, 15) is 9.67 Å². The fraction of sp³-hybridized carbons (Fsp3) is 0.400. The minimum absolute atomic E-state index is 0.254. The molecule has 0 unspecified atom stereocenters. The van der Waals surface area contributed by atoms with Gasteiger partial charge in [0.05, 0.1) is 0 Å². The molecule has 0 aromatic heterocycles. The lowest BCUT2D eigenvalue weighted by atomic mass is 10.1. The van der Waals surface area contributed by atoms with Crippen LogP contribution in [0.3, 0.4) is 0 Å². The van der Waals surface area contributed by atoms with Gasteiger partial charge in [0.25, 0.3) is 0 Å². The summed E-state index contributed by atoms with van der Waals surface area (Å²) in [6.45, 7) is -0.254. The molecule has 90 valence electrons. The normalized spacial score (nSPS) is 15.8. The molecule has 1 aromatic carbocycles. The highest BCUT2D eigenvalue weighted by Gasteiger charge is 2.49. The maximum atomic E-state index is 12.2. The summed E-state index contributed by atoms with van der Waals surface area (Å²) in [6, 6.07) is 8.46. The van der Waals surface area contributed by atoms with Gasteiger partial charge in [-0.3, -0.25) is 4.57 Å². The predicted octanol–water partition coefficient (Wildman–Crippen LogP) is 1.28. The standard InChI is InChI=1S/C10H16NO4P/c1-14-16(13,15-2)10(12,8-11)9-6-4-3-5-7-9/h3-7,12H,8,11H2,1-2H3/t10-/m1/s1. The zero-order valence-corrected chi connectivity index (χ0v) is 10.2. The van der Waals surface area contributed by atoms with Gasteiger partial charge in [0.15, 0.2) is 0 Å². The zero-order chi connectivity index (χ0) is 12.2. The summed E-state index contributed by atoms with van der Waals surface area (Å²) in [6.07, 6.45) is 0. The fourth-order valence-corrected chi connectivity index (χ4v) is 2.91. The van der Waals surface area contributed by atoms with Crippen molar-refractivity contribution in [2.24, 2.45) is 5.73 Å². The Balaban J connectivity index is 3.27. The molecule has 1 aromatic rings. The van der Waals surface area contributed by atoms with Gasteiger partial charge >= 0.3 is 7.60 Å². The summed E-state index contributed by atoms with van der Waals surface area (Å²) in [5, 5.41) is 8.55. The maximum Gasteiger partial charge on any atom is 0.367 e. The van der Waals surface area contributed by atoms with Crippen LogP contribution in [0, 0.1) is 0 Å². The molecular weight excluding hydrogens is 229 g/mol. The highest BCUT2D eigenvalue weighted by atomic mass is 31.2. The number of hydrogen-bond donors (Lipinski definition) is 2. The van der Waals surface area contributed by atoms with Crippen LogP contribution in [0.4, 0.5) is 0 Å². The molecule has 0 amide bonds. The van der Waals surface area contributed by atoms with Crippen molar-refractivity contribution in [1.82, 2.24) is 0 Å². The highest BCUT2D eigenvalue weighted by Crippen LogP contribution is 2.61. The Labute approximate surface area is 94.7 Å². The van der Waals surface area contributed by atoms with Crippen LogP contribution in [0.5, 0.6) is 0 Å². The Morgan fingerprint density at radius 1 is 1.31 bits per heavy atom. The number of nitrogens with two attached hydrogens (primary N) is 1. The average Bonchev–Trinajstić information content (AvgIpc) is 2.37. The van der Waals surface area contributed by atoms with E-state index in [1.807, 2.05) is 0 Å². The molecule has 0 spiro atoms. The molecule has 0 radical (unpaired) electrons. The summed E-state index contributed by atoms with van der Waals surface area (Å²) in [4.78, 5) is 0. The molecule has 0 bridgehead atoms. The lowest BCUT2D eigenvalue weighted by Gasteiger charge is -2.32. The van der Waals surface area contributed by atoms with Gasteiger partial charge in [0.1, 0.15) is 0 Å². The summed E-state index contributed by atoms with van der Waals surface area (Å²) < 4.78 is 21.8. The van der Waals surface area contributed by atoms with Gasteiger partial charge in [-0.05, 0) is 5.56 Å². The molecule has 1 atom stereocenters. The molecule has 0 aliphatic heterocycles. The van der Waals surface area contributed by atoms with Gasteiger partial charge in [-0.15, -0.1) is 0 Å². The van der Waals surface area contributed by atoms with Crippen LogP contribution in [0.25, 0.3) is 0 Å². The molecule has 0 saturated heterocycles. The zero-order valence-electron chi connectivity index (χ0n) is 9.29. The second-order valence-electron chi connectivity index (χ2n) is 3.25. The first-order chi connectivity index (χ1) is 7.54. The molecule has 0 aliphatic rings. The van der Waals surface area contributed by atoms with Gasteiger partial charge in [-0.2, -0.15) is 0 Å². The second kappa shape index (κ2) is 5.08. The van der Waals surface area contributed by atoms with Crippen LogP contribution in [0.15, 0.2) is 30.3 Å². The molecule has 1 rings (SSSR count). The van der Waals surface area contributed by atoms with Crippen molar-refractivity contribution in [3.8, 4) is 0 Å². The van der Waals surface area contributed by atoms with E-state index in [4.69, 9.17) is 14.8 Å². The lowest BCUT2D eigenvalue weighted by molar-refractivity contribution is 0.0840. The average molecular weight is 245 g/mol. The second-order valence-corrected chi connectivity index (χ2v) is 5.71. The molecule has 0 aliphatic carbocycles. The van der Waals surface area contributed by atoms with Crippen LogP contribution in [-0.4, -0.2) is 25.9 Å². The van der Waals surface area contributed by atoms with E-state index in [1.54, 1.807) is 30.3 Å². The summed E-state index contributed by atoms with van der Waals surface area (Å²) in [5.74, 6) is 0. The van der Waals surface area contributed by atoms with Gasteiger partial charge in [-0.1, -0.05) is 30.3 Å². The van der Waals surface area contributed by atoms with Crippen molar-refractivity contribution in [2.45, 2.75) is 5.34 Å². The van der Waals surface area contributed by atoms with Crippen LogP contribution < -0.4 is 5.73 Å². The van der Waals surface area contributed by atoms with E-state index >= 15 is 0 Å². The number of rotatable bonds is 5. The van der Waals surface area contributed by atoms with Gasteiger partial charge in [-0.25, -0.2) is 0 Å². The Hall–Kier alpha value is -0.710. The quantitative estimate of drug-likeness (QED) is 0.763. The number of aliphatic hydroxyl groups is 1. The number of hydrogen-bond acceptors (Lipinski definition) is 5. The summed E-state index contributed by atoms with van der Waals surface area (Å²) >= 11 is 0. The van der Waals surface area contributed by atoms with Crippen molar-refractivity contribution < 1.29 is 18.7 Å². The lowest BCUT2D eigenvalue weighted by Crippen LogP contribution is -2.35. The van der Waals surface area contributed by atoms with Crippen molar-refractivity contribution in [2.75, 3.05) is 20.8 Å². The van der Waals surface area contributed by atoms with Gasteiger partial charge in [0.2, 0.25) is 5.34 Å². The van der Waals surface area contributed by atoms with Gasteiger partial charge in [0, 0.05) is 20.8 Å². The van der Waals surface area contributed by atoms with Crippen LogP contribution >= 0.6 is 7.60 Å². The number of benzene rings is 1. The maximum absolute atomic E-state index is 12.2. The fourth-order valence-electron chi connectivity index (χ4n) is 1.47. The largest absolute Gasteiger partial charge is 0.372 e. The third-order valence-electron chi connectivity index (χ3n) is 2.45. The molecule has 6 heteroatoms. The van der Waals surface area contributed by atoms with Crippen molar-refractivity contribution in [3.05, 3.63) is 35.9 Å². The van der Waals surface area contributed by atoms with E-state index in [1.165, 1.54) is 14.2 Å². The summed E-state index contributed by atoms with van der Waals surface area (Å²) in [7, 11) is -1.26. The molecule has 5 nitrogen and oxygen atoms in total. The molecule has 3 N–H and O–H groups in total. The minimum atomic E-state index is -3.69. The van der Waals surface area contributed by atoms with Crippen molar-refractivity contribution in [3.63, 3.8) is 0 Å². The van der Waals surface area contributed by atoms with E-state index < -0.39 is 12.9 Å². The Morgan fingerprint density at radius 3 is 2.19 bits per heavy atom. The van der Waals surface area contributed by atoms with E-state index in [2.05, 4.69) is 0 Å². The predicted molar refractivity (Wildman–Crippen MR) is 61.0 cm³/mol. The first-order valence-corrected chi connectivity index (χ1v) is 6.28. The van der Waals surface area contributed by atoms with Crippen molar-refractivity contribution >= 4 is 7.60 Å². The Bertz CT molecular complexity index is 376. The van der Waals surface area contributed by atoms with Gasteiger partial charge < -0.3 is 19.9 Å². The van der Waals surface area contributed by atoms with Crippen LogP contribution in [0.2, 0.25) is 0 Å². The minimum Gasteiger partial charge on any atom is -0.372 e. The summed E-state index contributed by atoms with van der Waals surface area (Å²) in [5.41, 5.74) is 5.90. The van der Waals surface area contributed by atoms with E-state index in [0.29, 0.717) is 5.56 Å². The molecule has 0 saturated carbocycles. The third-order valence-corrected chi connectivity index (χ3v) is 4.76. The SMILES string of the molecule is COP(=O)(OC)[C@](O)(CN)c1ccccc1. The highest BCUT2D eigenvalue weighted by molar-refractivity contribution is 7.54. The smallest absolute Gasteiger partial charge is 0.367 e. The Morgan fingerprint density at radius 2 is 1.81 bits per heavy atom. The van der Waals surface area contributed by atoms with E-state index in [-0.39, 0.29) is 6.54 Å². The molecule has 0 heterocycles. The first kappa shape index (κ1) is 13.4. The first-order valence-electron chi connectivity index (χ1n) is 4.73. The molecule has 0 fully saturated rings. The Kier molecular flexibility index (Phi) is 4.24. The van der Waals surface area contributed by atoms with Crippen LogP contribution in [-0.2, 0) is 19.0 Å². The van der Waals surface area contributed by atoms with E-state index in [0.717, 1.165) is 0 Å². The third kappa shape index (κ3) is 2.05. The molecule has 16 heavy (non-hydrogen) atoms.